The molecule has 0 unspecified atom stereocenters. The molecule has 0 aliphatic heterocycles. The van der Waals surface area contributed by atoms with E-state index in [2.05, 4.69) is 44.1 Å². The normalized spacial score (nSPS) is 10.8. The minimum absolute atomic E-state index is 0.445. The fourth-order valence-corrected chi connectivity index (χ4v) is 1.82. The maximum atomic E-state index is 5.82. The van der Waals surface area contributed by atoms with Gasteiger partial charge in [0, 0.05) is 18.7 Å². The molecule has 2 aromatic rings. The Hall–Kier alpha value is -1.87. The van der Waals surface area contributed by atoms with E-state index in [1.807, 2.05) is 30.3 Å². The van der Waals surface area contributed by atoms with E-state index >= 15 is 0 Å². The van der Waals surface area contributed by atoms with Crippen molar-refractivity contribution >= 4 is 0 Å². The second-order valence-electron chi connectivity index (χ2n) is 5.35. The molecule has 20 heavy (non-hydrogen) atoms. The Kier molecular flexibility index (Phi) is 4.74. The van der Waals surface area contributed by atoms with Gasteiger partial charge in [-0.2, -0.15) is 0 Å². The lowest BCUT2D eigenvalue weighted by Crippen LogP contribution is -2.22. The van der Waals surface area contributed by atoms with Gasteiger partial charge in [-0.05, 0) is 43.2 Å². The van der Waals surface area contributed by atoms with E-state index in [0.29, 0.717) is 11.9 Å². The van der Waals surface area contributed by atoms with Gasteiger partial charge in [0.1, 0.15) is 5.75 Å². The van der Waals surface area contributed by atoms with Gasteiger partial charge in [-0.25, -0.2) is 4.98 Å². The molecule has 3 heteroatoms. The van der Waals surface area contributed by atoms with E-state index < -0.39 is 0 Å². The third kappa shape index (κ3) is 4.07. The molecule has 0 saturated carbocycles. The summed E-state index contributed by atoms with van der Waals surface area (Å²) in [6, 6.07) is 12.4. The van der Waals surface area contributed by atoms with Gasteiger partial charge >= 0.3 is 0 Å². The minimum atomic E-state index is 0.445. The topological polar surface area (TPSA) is 34.1 Å². The third-order valence-corrected chi connectivity index (χ3v) is 3.17. The molecule has 0 fully saturated rings. The van der Waals surface area contributed by atoms with Crippen molar-refractivity contribution in [1.29, 1.82) is 0 Å². The van der Waals surface area contributed by atoms with Crippen molar-refractivity contribution in [1.82, 2.24) is 10.3 Å². The van der Waals surface area contributed by atoms with Crippen LogP contribution in [0.4, 0.5) is 0 Å². The van der Waals surface area contributed by atoms with E-state index in [1.54, 1.807) is 0 Å². The summed E-state index contributed by atoms with van der Waals surface area (Å²) in [5.74, 6) is 1.46. The van der Waals surface area contributed by atoms with Crippen LogP contribution in [-0.4, -0.2) is 11.0 Å². The largest absolute Gasteiger partial charge is 0.439 e. The van der Waals surface area contributed by atoms with Gasteiger partial charge in [0.2, 0.25) is 5.88 Å². The lowest BCUT2D eigenvalue weighted by atomic mass is 10.1. The fraction of sp³-hybridized carbons (Fsp3) is 0.353. The summed E-state index contributed by atoms with van der Waals surface area (Å²) in [6.07, 6.45) is 0. The summed E-state index contributed by atoms with van der Waals surface area (Å²) < 4.78 is 5.82. The summed E-state index contributed by atoms with van der Waals surface area (Å²) in [6.45, 7) is 9.17. The molecule has 0 aliphatic carbocycles. The first-order valence-electron chi connectivity index (χ1n) is 6.99. The maximum absolute atomic E-state index is 5.82. The monoisotopic (exact) mass is 270 g/mol. The molecule has 106 valence electrons. The summed E-state index contributed by atoms with van der Waals surface area (Å²) in [7, 11) is 0. The predicted molar refractivity (Wildman–Crippen MR) is 82.2 cm³/mol. The first-order valence-corrected chi connectivity index (χ1v) is 6.99. The van der Waals surface area contributed by atoms with E-state index in [0.717, 1.165) is 18.0 Å². The number of rotatable bonds is 5. The standard InChI is InChI=1S/C17H22N2O/c1-12(2)18-11-15-6-5-7-17(19-15)20-16-9-8-13(3)14(4)10-16/h5-10,12,18H,11H2,1-4H3. The zero-order chi connectivity index (χ0) is 14.5. The summed E-state index contributed by atoms with van der Waals surface area (Å²) >= 11 is 0. The molecule has 1 N–H and O–H groups in total. The SMILES string of the molecule is Cc1ccc(Oc2cccc(CNC(C)C)n2)cc1C. The molecule has 1 aromatic carbocycles. The van der Waals surface area contributed by atoms with Crippen LogP contribution in [0.5, 0.6) is 11.6 Å². The maximum Gasteiger partial charge on any atom is 0.219 e. The molecule has 0 aliphatic rings. The van der Waals surface area contributed by atoms with Crippen molar-refractivity contribution in [3.05, 3.63) is 53.2 Å². The molecular formula is C17H22N2O. The third-order valence-electron chi connectivity index (χ3n) is 3.17. The predicted octanol–water partition coefficient (Wildman–Crippen LogP) is 3.99. The second kappa shape index (κ2) is 6.53. The summed E-state index contributed by atoms with van der Waals surface area (Å²) in [5.41, 5.74) is 3.47. The lowest BCUT2D eigenvalue weighted by Gasteiger charge is -2.10. The molecule has 3 nitrogen and oxygen atoms in total. The fourth-order valence-electron chi connectivity index (χ4n) is 1.82. The van der Waals surface area contributed by atoms with Gasteiger partial charge in [0.15, 0.2) is 0 Å². The highest BCUT2D eigenvalue weighted by atomic mass is 16.5. The van der Waals surface area contributed by atoms with Crippen LogP contribution in [0.15, 0.2) is 36.4 Å². The quantitative estimate of drug-likeness (QED) is 0.892. The van der Waals surface area contributed by atoms with Crippen molar-refractivity contribution in [3.8, 4) is 11.6 Å². The molecule has 0 bridgehead atoms. The number of hydrogen-bond acceptors (Lipinski definition) is 3. The summed E-state index contributed by atoms with van der Waals surface area (Å²) in [4.78, 5) is 4.51. The van der Waals surface area contributed by atoms with Crippen LogP contribution >= 0.6 is 0 Å². The van der Waals surface area contributed by atoms with Crippen LogP contribution < -0.4 is 10.1 Å². The number of benzene rings is 1. The number of nitrogens with one attached hydrogen (secondary N) is 1. The van der Waals surface area contributed by atoms with Gasteiger partial charge < -0.3 is 10.1 Å². The average Bonchev–Trinajstić information content (AvgIpc) is 2.41. The second-order valence-corrected chi connectivity index (χ2v) is 5.35. The smallest absolute Gasteiger partial charge is 0.219 e. The van der Waals surface area contributed by atoms with Crippen LogP contribution in [0.25, 0.3) is 0 Å². The van der Waals surface area contributed by atoms with Crippen molar-refractivity contribution in [2.45, 2.75) is 40.3 Å². The van der Waals surface area contributed by atoms with Gasteiger partial charge in [0.05, 0.1) is 5.69 Å². The highest BCUT2D eigenvalue weighted by Gasteiger charge is 2.03. The van der Waals surface area contributed by atoms with Crippen LogP contribution in [0.2, 0.25) is 0 Å². The molecule has 1 heterocycles. The van der Waals surface area contributed by atoms with Crippen LogP contribution in [0, 0.1) is 13.8 Å². The van der Waals surface area contributed by atoms with Crippen LogP contribution in [0.3, 0.4) is 0 Å². The summed E-state index contributed by atoms with van der Waals surface area (Å²) in [5, 5.41) is 3.35. The zero-order valence-electron chi connectivity index (χ0n) is 12.6. The van der Waals surface area contributed by atoms with Gasteiger partial charge in [0.25, 0.3) is 0 Å². The lowest BCUT2D eigenvalue weighted by molar-refractivity contribution is 0.458. The number of ether oxygens (including phenoxy) is 1. The van der Waals surface area contributed by atoms with E-state index in [4.69, 9.17) is 4.74 Å². The molecule has 0 radical (unpaired) electrons. The number of pyridine rings is 1. The highest BCUT2D eigenvalue weighted by molar-refractivity contribution is 5.36. The molecular weight excluding hydrogens is 248 g/mol. The Labute approximate surface area is 121 Å². The van der Waals surface area contributed by atoms with E-state index in [1.165, 1.54) is 11.1 Å². The Morgan fingerprint density at radius 3 is 2.60 bits per heavy atom. The Morgan fingerprint density at radius 2 is 1.90 bits per heavy atom. The van der Waals surface area contributed by atoms with Crippen molar-refractivity contribution in [3.63, 3.8) is 0 Å². The minimum Gasteiger partial charge on any atom is -0.439 e. The number of aryl methyl sites for hydroxylation is 2. The van der Waals surface area contributed by atoms with Gasteiger partial charge in [-0.1, -0.05) is 26.0 Å². The zero-order valence-corrected chi connectivity index (χ0v) is 12.6. The molecule has 0 spiro atoms. The Morgan fingerprint density at radius 1 is 1.10 bits per heavy atom. The van der Waals surface area contributed by atoms with E-state index in [-0.39, 0.29) is 0 Å². The first kappa shape index (κ1) is 14.5. The number of aromatic nitrogens is 1. The molecule has 2 rings (SSSR count). The average molecular weight is 270 g/mol. The number of nitrogens with zero attached hydrogens (tertiary/aromatic N) is 1. The molecule has 0 saturated heterocycles. The Balaban J connectivity index is 2.08. The molecule has 1 aromatic heterocycles. The molecule has 0 atom stereocenters. The number of hydrogen-bond donors (Lipinski definition) is 1. The van der Waals surface area contributed by atoms with Crippen molar-refractivity contribution < 1.29 is 4.74 Å². The van der Waals surface area contributed by atoms with Gasteiger partial charge in [-0.15, -0.1) is 0 Å². The van der Waals surface area contributed by atoms with E-state index in [9.17, 15) is 0 Å². The van der Waals surface area contributed by atoms with Crippen molar-refractivity contribution in [2.24, 2.45) is 0 Å². The Bertz CT molecular complexity index is 579. The van der Waals surface area contributed by atoms with Crippen LogP contribution in [-0.2, 0) is 6.54 Å². The molecule has 0 amide bonds. The first-order chi connectivity index (χ1) is 9.54. The highest BCUT2D eigenvalue weighted by Crippen LogP contribution is 2.22. The van der Waals surface area contributed by atoms with Crippen molar-refractivity contribution in [2.75, 3.05) is 0 Å². The van der Waals surface area contributed by atoms with Gasteiger partial charge in [-0.3, -0.25) is 0 Å². The van der Waals surface area contributed by atoms with Crippen LogP contribution in [0.1, 0.15) is 30.7 Å².